The van der Waals surface area contributed by atoms with Gasteiger partial charge in [-0.3, -0.25) is 9.69 Å². The van der Waals surface area contributed by atoms with Crippen LogP contribution in [0.4, 0.5) is 5.69 Å². The van der Waals surface area contributed by atoms with Gasteiger partial charge in [-0.1, -0.05) is 30.3 Å². The normalized spacial score (nSPS) is 20.2. The van der Waals surface area contributed by atoms with Crippen LogP contribution in [0.15, 0.2) is 28.8 Å². The highest BCUT2D eigenvalue weighted by atomic mass is 16.5. The van der Waals surface area contributed by atoms with E-state index >= 15 is 0 Å². The third-order valence-electron chi connectivity index (χ3n) is 5.25. The second-order valence-electron chi connectivity index (χ2n) is 6.77. The number of hydrogen-bond donors (Lipinski definition) is 0. The molecule has 0 bridgehead atoms. The molecule has 1 saturated heterocycles. The minimum Gasteiger partial charge on any atom is -0.339 e. The summed E-state index contributed by atoms with van der Waals surface area (Å²) in [7, 11) is 0. The van der Waals surface area contributed by atoms with Gasteiger partial charge in [-0.25, -0.2) is 0 Å². The highest BCUT2D eigenvalue weighted by Crippen LogP contribution is 2.31. The molecule has 0 unspecified atom stereocenters. The molecule has 1 fully saturated rings. The van der Waals surface area contributed by atoms with Gasteiger partial charge in [0.2, 0.25) is 11.8 Å². The fraction of sp³-hybridized carbons (Fsp3) is 0.526. The first-order chi connectivity index (χ1) is 12.3. The van der Waals surface area contributed by atoms with Crippen molar-refractivity contribution in [3.05, 3.63) is 41.5 Å². The lowest BCUT2D eigenvalue weighted by atomic mass is 10.2. The summed E-state index contributed by atoms with van der Waals surface area (Å²) in [5.41, 5.74) is 2.35. The number of rotatable bonds is 5. The predicted molar refractivity (Wildman–Crippen MR) is 94.3 cm³/mol. The van der Waals surface area contributed by atoms with Crippen molar-refractivity contribution in [1.29, 1.82) is 0 Å². The van der Waals surface area contributed by atoms with Crippen molar-refractivity contribution in [2.45, 2.75) is 45.1 Å². The molecule has 1 aromatic heterocycles. The van der Waals surface area contributed by atoms with Gasteiger partial charge in [-0.05, 0) is 37.4 Å². The SMILES string of the molecule is CCc1nc([C@@H]2CCCN2CCC(=O)N2CCc3ccccc32)no1. The van der Waals surface area contributed by atoms with E-state index in [9.17, 15) is 4.79 Å². The fourth-order valence-electron chi connectivity index (χ4n) is 3.90. The quantitative estimate of drug-likeness (QED) is 0.837. The van der Waals surface area contributed by atoms with Crippen LogP contribution < -0.4 is 4.90 Å². The number of amides is 1. The zero-order chi connectivity index (χ0) is 17.2. The van der Waals surface area contributed by atoms with E-state index in [2.05, 4.69) is 21.1 Å². The van der Waals surface area contributed by atoms with Gasteiger partial charge in [0, 0.05) is 31.6 Å². The van der Waals surface area contributed by atoms with E-state index in [-0.39, 0.29) is 11.9 Å². The summed E-state index contributed by atoms with van der Waals surface area (Å²) in [6.07, 6.45) is 4.39. The van der Waals surface area contributed by atoms with Crippen LogP contribution in [0.25, 0.3) is 0 Å². The van der Waals surface area contributed by atoms with Crippen molar-refractivity contribution in [2.24, 2.45) is 0 Å². The van der Waals surface area contributed by atoms with Crippen LogP contribution in [0.1, 0.15) is 49.5 Å². The number of carbonyl (C=O) groups is 1. The molecule has 6 heteroatoms. The van der Waals surface area contributed by atoms with Crippen molar-refractivity contribution in [1.82, 2.24) is 15.0 Å². The van der Waals surface area contributed by atoms with E-state index in [0.717, 1.165) is 56.8 Å². The van der Waals surface area contributed by atoms with Gasteiger partial charge in [0.25, 0.3) is 0 Å². The molecule has 1 atom stereocenters. The number of nitrogens with zero attached hydrogens (tertiary/aromatic N) is 4. The third kappa shape index (κ3) is 3.18. The van der Waals surface area contributed by atoms with Crippen molar-refractivity contribution < 1.29 is 9.32 Å². The molecule has 0 aliphatic carbocycles. The van der Waals surface area contributed by atoms with E-state index in [4.69, 9.17) is 4.52 Å². The number of para-hydroxylation sites is 1. The molecule has 0 N–H and O–H groups in total. The number of likely N-dealkylation sites (tertiary alicyclic amines) is 1. The van der Waals surface area contributed by atoms with Crippen LogP contribution in [0.3, 0.4) is 0 Å². The standard InChI is InChI=1S/C19H24N4O2/c1-2-17-20-19(21-25-17)16-8-5-11-22(16)12-10-18(24)23-13-9-14-6-3-4-7-15(14)23/h3-4,6-7,16H,2,5,8-13H2,1H3/t16-/m0/s1. The van der Waals surface area contributed by atoms with Gasteiger partial charge in [-0.2, -0.15) is 4.98 Å². The minimum atomic E-state index is 0.183. The zero-order valence-electron chi connectivity index (χ0n) is 14.6. The molecule has 3 heterocycles. The molecule has 0 spiro atoms. The summed E-state index contributed by atoms with van der Waals surface area (Å²) < 4.78 is 5.26. The Kier molecular flexibility index (Phi) is 4.53. The summed E-state index contributed by atoms with van der Waals surface area (Å²) in [5, 5.41) is 4.13. The van der Waals surface area contributed by atoms with E-state index in [0.29, 0.717) is 12.3 Å². The predicted octanol–water partition coefficient (Wildman–Crippen LogP) is 2.75. The van der Waals surface area contributed by atoms with Gasteiger partial charge in [-0.15, -0.1) is 0 Å². The summed E-state index contributed by atoms with van der Waals surface area (Å²) >= 11 is 0. The number of benzene rings is 1. The van der Waals surface area contributed by atoms with Crippen molar-refractivity contribution in [2.75, 3.05) is 24.5 Å². The second-order valence-corrected chi connectivity index (χ2v) is 6.77. The van der Waals surface area contributed by atoms with Crippen LogP contribution in [0.2, 0.25) is 0 Å². The first-order valence-electron chi connectivity index (χ1n) is 9.21. The van der Waals surface area contributed by atoms with Gasteiger partial charge in [0.05, 0.1) is 6.04 Å². The number of fused-ring (bicyclic) bond motifs is 1. The molecule has 2 aliphatic rings. The first-order valence-corrected chi connectivity index (χ1v) is 9.21. The minimum absolute atomic E-state index is 0.183. The van der Waals surface area contributed by atoms with Crippen LogP contribution >= 0.6 is 0 Å². The molecule has 25 heavy (non-hydrogen) atoms. The number of aryl methyl sites for hydroxylation is 1. The van der Waals surface area contributed by atoms with Crippen molar-refractivity contribution >= 4 is 11.6 Å². The lowest BCUT2D eigenvalue weighted by molar-refractivity contribution is -0.118. The smallest absolute Gasteiger partial charge is 0.228 e. The largest absolute Gasteiger partial charge is 0.339 e. The maximum Gasteiger partial charge on any atom is 0.228 e. The Bertz CT molecular complexity index is 757. The maximum atomic E-state index is 12.7. The summed E-state index contributed by atoms with van der Waals surface area (Å²) in [4.78, 5) is 21.4. The first kappa shape index (κ1) is 16.3. The van der Waals surface area contributed by atoms with Crippen molar-refractivity contribution in [3.8, 4) is 0 Å². The molecule has 132 valence electrons. The molecular weight excluding hydrogens is 316 g/mol. The van der Waals surface area contributed by atoms with E-state index in [1.54, 1.807) is 0 Å². The zero-order valence-corrected chi connectivity index (χ0v) is 14.6. The summed E-state index contributed by atoms with van der Waals surface area (Å²) in [6, 6.07) is 8.38. The summed E-state index contributed by atoms with van der Waals surface area (Å²) in [5.74, 6) is 1.66. The van der Waals surface area contributed by atoms with Gasteiger partial charge >= 0.3 is 0 Å². The monoisotopic (exact) mass is 340 g/mol. The number of aromatic nitrogens is 2. The Morgan fingerprint density at radius 2 is 2.20 bits per heavy atom. The fourth-order valence-corrected chi connectivity index (χ4v) is 3.90. The molecule has 2 aromatic rings. The number of anilines is 1. The molecule has 6 nitrogen and oxygen atoms in total. The Morgan fingerprint density at radius 3 is 3.04 bits per heavy atom. The van der Waals surface area contributed by atoms with Crippen LogP contribution in [-0.2, 0) is 17.6 Å². The summed E-state index contributed by atoms with van der Waals surface area (Å²) in [6.45, 7) is 4.55. The highest BCUT2D eigenvalue weighted by molar-refractivity contribution is 5.95. The Balaban J connectivity index is 1.38. The third-order valence-corrected chi connectivity index (χ3v) is 5.25. The topological polar surface area (TPSA) is 62.5 Å². The second kappa shape index (κ2) is 6.96. The molecule has 1 aromatic carbocycles. The van der Waals surface area contributed by atoms with Crippen LogP contribution in [0.5, 0.6) is 0 Å². The van der Waals surface area contributed by atoms with Gasteiger partial charge in [0.1, 0.15) is 0 Å². The van der Waals surface area contributed by atoms with Crippen LogP contribution in [0, 0.1) is 0 Å². The lowest BCUT2D eigenvalue weighted by Gasteiger charge is -2.23. The van der Waals surface area contributed by atoms with Gasteiger partial charge < -0.3 is 9.42 Å². The van der Waals surface area contributed by atoms with E-state index in [1.165, 1.54) is 5.56 Å². The molecule has 0 radical (unpaired) electrons. The van der Waals surface area contributed by atoms with E-state index in [1.807, 2.05) is 30.0 Å². The average molecular weight is 340 g/mol. The molecule has 4 rings (SSSR count). The Morgan fingerprint density at radius 1 is 1.32 bits per heavy atom. The van der Waals surface area contributed by atoms with Crippen molar-refractivity contribution in [3.63, 3.8) is 0 Å². The van der Waals surface area contributed by atoms with Crippen LogP contribution in [-0.4, -0.2) is 40.6 Å². The Hall–Kier alpha value is -2.21. The maximum absolute atomic E-state index is 12.7. The molecule has 0 saturated carbocycles. The molecular formula is C19H24N4O2. The molecule has 2 aliphatic heterocycles. The Labute approximate surface area is 147 Å². The highest BCUT2D eigenvalue weighted by Gasteiger charge is 2.31. The lowest BCUT2D eigenvalue weighted by Crippen LogP contribution is -2.33. The average Bonchev–Trinajstić information content (AvgIpc) is 3.37. The van der Waals surface area contributed by atoms with E-state index < -0.39 is 0 Å². The number of hydrogen-bond acceptors (Lipinski definition) is 5. The van der Waals surface area contributed by atoms with Gasteiger partial charge in [0.15, 0.2) is 5.82 Å². The number of carbonyl (C=O) groups excluding carboxylic acids is 1. The molecule has 1 amide bonds.